The second-order valence-corrected chi connectivity index (χ2v) is 6.08. The minimum Gasteiger partial charge on any atom is -0.372 e. The number of morpholine rings is 1. The highest BCUT2D eigenvalue weighted by Gasteiger charge is 2.29. The Hall–Kier alpha value is -1.13. The molecule has 1 fully saturated rings. The van der Waals surface area contributed by atoms with Crippen LogP contribution in [0.5, 0.6) is 0 Å². The van der Waals surface area contributed by atoms with E-state index in [9.17, 15) is 4.79 Å². The second kappa shape index (κ2) is 6.10. The van der Waals surface area contributed by atoms with Crippen LogP contribution >= 0.6 is 11.6 Å². The maximum atomic E-state index is 12.7. The molecule has 2 rings (SSSR count). The summed E-state index contributed by atoms with van der Waals surface area (Å²) in [6.45, 7) is 9.23. The third-order valence-electron chi connectivity index (χ3n) is 3.42. The number of nitrogens with zero attached hydrogens (tertiary/aromatic N) is 2. The van der Waals surface area contributed by atoms with Crippen molar-refractivity contribution in [3.63, 3.8) is 0 Å². The van der Waals surface area contributed by atoms with Crippen molar-refractivity contribution in [1.29, 1.82) is 0 Å². The molecule has 0 saturated carbocycles. The Balaban J connectivity index is 2.30. The molecule has 0 bridgehead atoms. The van der Waals surface area contributed by atoms with Gasteiger partial charge in [0, 0.05) is 13.1 Å². The maximum absolute atomic E-state index is 12.7. The van der Waals surface area contributed by atoms with Crippen LogP contribution in [0.3, 0.4) is 0 Å². The van der Waals surface area contributed by atoms with E-state index < -0.39 is 0 Å². The fraction of sp³-hybridized carbons (Fsp3) is 0.600. The Morgan fingerprint density at radius 2 is 1.95 bits per heavy atom. The lowest BCUT2D eigenvalue weighted by atomic mass is 10.0. The average molecular weight is 297 g/mol. The zero-order valence-corrected chi connectivity index (χ0v) is 13.1. The minimum atomic E-state index is -0.0572. The van der Waals surface area contributed by atoms with Crippen molar-refractivity contribution in [2.45, 2.75) is 45.8 Å². The van der Waals surface area contributed by atoms with Crippen LogP contribution in [0.4, 0.5) is 0 Å². The molecule has 0 radical (unpaired) electrons. The molecule has 2 atom stereocenters. The summed E-state index contributed by atoms with van der Waals surface area (Å²) < 4.78 is 5.66. The van der Waals surface area contributed by atoms with Crippen molar-refractivity contribution < 1.29 is 9.53 Å². The van der Waals surface area contributed by atoms with E-state index in [4.69, 9.17) is 16.3 Å². The van der Waals surface area contributed by atoms with Crippen LogP contribution in [0, 0.1) is 0 Å². The largest absolute Gasteiger partial charge is 0.372 e. The summed E-state index contributed by atoms with van der Waals surface area (Å²) in [5, 5.41) is 0.354. The molecule has 0 aromatic carbocycles. The van der Waals surface area contributed by atoms with Gasteiger partial charge in [0.1, 0.15) is 10.8 Å². The lowest BCUT2D eigenvalue weighted by Gasteiger charge is -2.35. The Labute approximate surface area is 125 Å². The zero-order chi connectivity index (χ0) is 14.9. The summed E-state index contributed by atoms with van der Waals surface area (Å²) in [6.07, 6.45) is 0.0915. The van der Waals surface area contributed by atoms with E-state index in [1.807, 2.05) is 38.7 Å². The molecule has 1 aliphatic rings. The van der Waals surface area contributed by atoms with Crippen molar-refractivity contribution in [3.8, 4) is 0 Å². The summed E-state index contributed by atoms with van der Waals surface area (Å²) in [5.74, 6) is 0.174. The molecular formula is C15H21ClN2O2. The van der Waals surface area contributed by atoms with Gasteiger partial charge in [-0.2, -0.15) is 0 Å². The molecule has 0 N–H and O–H groups in total. The predicted molar refractivity (Wildman–Crippen MR) is 79.2 cm³/mol. The third kappa shape index (κ3) is 3.30. The van der Waals surface area contributed by atoms with Gasteiger partial charge in [0.05, 0.1) is 12.2 Å². The van der Waals surface area contributed by atoms with Gasteiger partial charge in [-0.25, -0.2) is 4.98 Å². The number of hydrogen-bond acceptors (Lipinski definition) is 3. The fourth-order valence-corrected chi connectivity index (χ4v) is 2.72. The molecule has 1 saturated heterocycles. The normalized spacial score (nSPS) is 23.2. The molecule has 1 aromatic heterocycles. The highest BCUT2D eigenvalue weighted by molar-refractivity contribution is 6.29. The predicted octanol–water partition coefficient (Wildman–Crippen LogP) is 3.11. The summed E-state index contributed by atoms with van der Waals surface area (Å²) in [7, 11) is 0. The number of carbonyl (C=O) groups excluding carboxylic acids is 1. The number of ether oxygens (including phenoxy) is 1. The van der Waals surface area contributed by atoms with E-state index in [1.54, 1.807) is 6.07 Å². The minimum absolute atomic E-state index is 0.0457. The summed E-state index contributed by atoms with van der Waals surface area (Å²) in [6, 6.07) is 3.62. The first-order valence-corrected chi connectivity index (χ1v) is 7.37. The maximum Gasteiger partial charge on any atom is 0.272 e. The summed E-state index contributed by atoms with van der Waals surface area (Å²) in [5.41, 5.74) is 1.40. The van der Waals surface area contributed by atoms with Crippen LogP contribution in [-0.2, 0) is 4.74 Å². The second-order valence-electron chi connectivity index (χ2n) is 5.69. The Bertz CT molecular complexity index is 495. The first-order valence-electron chi connectivity index (χ1n) is 6.99. The topological polar surface area (TPSA) is 42.4 Å². The lowest BCUT2D eigenvalue weighted by Crippen LogP contribution is -2.48. The van der Waals surface area contributed by atoms with Crippen molar-refractivity contribution >= 4 is 17.5 Å². The van der Waals surface area contributed by atoms with E-state index >= 15 is 0 Å². The molecule has 1 aromatic rings. The van der Waals surface area contributed by atoms with Crippen LogP contribution in [0.2, 0.25) is 5.15 Å². The van der Waals surface area contributed by atoms with Gasteiger partial charge in [-0.15, -0.1) is 0 Å². The van der Waals surface area contributed by atoms with Crippen molar-refractivity contribution in [2.75, 3.05) is 13.1 Å². The molecule has 1 amide bonds. The van der Waals surface area contributed by atoms with E-state index in [1.165, 1.54) is 0 Å². The first kappa shape index (κ1) is 15.3. The van der Waals surface area contributed by atoms with Crippen LogP contribution in [0.15, 0.2) is 12.1 Å². The number of amides is 1. The molecule has 0 spiro atoms. The van der Waals surface area contributed by atoms with Crippen LogP contribution in [-0.4, -0.2) is 41.1 Å². The number of aromatic nitrogens is 1. The van der Waals surface area contributed by atoms with E-state index in [2.05, 4.69) is 4.98 Å². The molecule has 1 aliphatic heterocycles. The van der Waals surface area contributed by atoms with Gasteiger partial charge >= 0.3 is 0 Å². The molecule has 4 nitrogen and oxygen atoms in total. The van der Waals surface area contributed by atoms with E-state index in [-0.39, 0.29) is 24.0 Å². The van der Waals surface area contributed by atoms with Crippen LogP contribution in [0.1, 0.15) is 49.7 Å². The van der Waals surface area contributed by atoms with Crippen LogP contribution < -0.4 is 0 Å². The zero-order valence-electron chi connectivity index (χ0n) is 12.4. The monoisotopic (exact) mass is 296 g/mol. The molecular weight excluding hydrogens is 276 g/mol. The van der Waals surface area contributed by atoms with E-state index in [0.717, 1.165) is 5.56 Å². The van der Waals surface area contributed by atoms with Gasteiger partial charge in [0.15, 0.2) is 0 Å². The highest BCUT2D eigenvalue weighted by Crippen LogP contribution is 2.23. The quantitative estimate of drug-likeness (QED) is 0.788. The van der Waals surface area contributed by atoms with Gasteiger partial charge in [-0.05, 0) is 31.4 Å². The Morgan fingerprint density at radius 1 is 1.35 bits per heavy atom. The first-order chi connectivity index (χ1) is 9.38. The average Bonchev–Trinajstić information content (AvgIpc) is 2.36. The molecule has 0 aliphatic carbocycles. The lowest BCUT2D eigenvalue weighted by molar-refractivity contribution is -0.0587. The van der Waals surface area contributed by atoms with Crippen molar-refractivity contribution in [3.05, 3.63) is 28.5 Å². The molecule has 0 unspecified atom stereocenters. The van der Waals surface area contributed by atoms with Gasteiger partial charge in [-0.3, -0.25) is 4.79 Å². The number of hydrogen-bond donors (Lipinski definition) is 0. The van der Waals surface area contributed by atoms with E-state index in [0.29, 0.717) is 23.9 Å². The SMILES string of the molecule is CC(C)c1ccc(Cl)nc1C(=O)N1C[C@@H](C)O[C@@H](C)C1. The summed E-state index contributed by atoms with van der Waals surface area (Å²) >= 11 is 5.96. The van der Waals surface area contributed by atoms with Crippen molar-refractivity contribution in [2.24, 2.45) is 0 Å². The highest BCUT2D eigenvalue weighted by atomic mass is 35.5. The van der Waals surface area contributed by atoms with Gasteiger partial charge in [0.2, 0.25) is 0 Å². The molecule has 2 heterocycles. The Kier molecular flexibility index (Phi) is 4.66. The number of pyridine rings is 1. The molecule has 110 valence electrons. The smallest absolute Gasteiger partial charge is 0.272 e. The standard InChI is InChI=1S/C15H21ClN2O2/c1-9(2)12-5-6-13(16)17-14(12)15(19)18-7-10(3)20-11(4)8-18/h5-6,9-11H,7-8H2,1-4H3/t10-,11+. The number of halogens is 1. The van der Waals surface area contributed by atoms with Gasteiger partial charge < -0.3 is 9.64 Å². The fourth-order valence-electron chi connectivity index (χ4n) is 2.58. The number of carbonyl (C=O) groups is 1. The van der Waals surface area contributed by atoms with Crippen LogP contribution in [0.25, 0.3) is 0 Å². The number of rotatable bonds is 2. The Morgan fingerprint density at radius 3 is 2.50 bits per heavy atom. The third-order valence-corrected chi connectivity index (χ3v) is 3.63. The van der Waals surface area contributed by atoms with Gasteiger partial charge in [-0.1, -0.05) is 31.5 Å². The molecule has 20 heavy (non-hydrogen) atoms. The van der Waals surface area contributed by atoms with Crippen molar-refractivity contribution in [1.82, 2.24) is 9.88 Å². The summed E-state index contributed by atoms with van der Waals surface area (Å²) in [4.78, 5) is 18.8. The van der Waals surface area contributed by atoms with Gasteiger partial charge in [0.25, 0.3) is 5.91 Å². The molecule has 5 heteroatoms.